The van der Waals surface area contributed by atoms with Gasteiger partial charge in [-0.1, -0.05) is 30.4 Å². The first kappa shape index (κ1) is 19.8. The molecule has 142 valence electrons. The van der Waals surface area contributed by atoms with Crippen LogP contribution in [0, 0.1) is 0 Å². The van der Waals surface area contributed by atoms with Crippen molar-refractivity contribution in [1.82, 2.24) is 15.5 Å². The molecule has 1 aromatic carbocycles. The fourth-order valence-electron chi connectivity index (χ4n) is 2.79. The number of likely N-dealkylation sites (N-methyl/N-ethyl adjacent to an activating group) is 1. The molecule has 1 aliphatic heterocycles. The van der Waals surface area contributed by atoms with E-state index in [0.717, 1.165) is 31.5 Å². The van der Waals surface area contributed by atoms with Gasteiger partial charge in [0, 0.05) is 45.5 Å². The van der Waals surface area contributed by atoms with Crippen LogP contribution in [-0.2, 0) is 4.79 Å². The van der Waals surface area contributed by atoms with Crippen molar-refractivity contribution in [2.24, 2.45) is 4.99 Å². The monoisotopic (exact) mass is 357 g/mol. The van der Waals surface area contributed by atoms with E-state index in [1.165, 1.54) is 5.69 Å². The van der Waals surface area contributed by atoms with Gasteiger partial charge in [-0.2, -0.15) is 0 Å². The summed E-state index contributed by atoms with van der Waals surface area (Å²) in [7, 11) is 3.48. The van der Waals surface area contributed by atoms with Crippen molar-refractivity contribution in [1.29, 1.82) is 0 Å². The molecular weight excluding hydrogens is 326 g/mol. The van der Waals surface area contributed by atoms with Crippen LogP contribution in [0.1, 0.15) is 19.8 Å². The second-order valence-corrected chi connectivity index (χ2v) is 7.00. The van der Waals surface area contributed by atoms with Crippen LogP contribution in [0.15, 0.2) is 47.5 Å². The van der Waals surface area contributed by atoms with Crippen molar-refractivity contribution < 1.29 is 4.79 Å². The average Bonchev–Trinajstić information content (AvgIpc) is 2.64. The number of guanidine groups is 1. The van der Waals surface area contributed by atoms with Crippen LogP contribution in [0.25, 0.3) is 0 Å². The lowest BCUT2D eigenvalue weighted by Crippen LogP contribution is -2.49. The van der Waals surface area contributed by atoms with Gasteiger partial charge in [0.2, 0.25) is 5.91 Å². The number of hydrogen-bond acceptors (Lipinski definition) is 3. The van der Waals surface area contributed by atoms with Crippen LogP contribution in [0.3, 0.4) is 0 Å². The van der Waals surface area contributed by atoms with Crippen LogP contribution >= 0.6 is 0 Å². The van der Waals surface area contributed by atoms with E-state index >= 15 is 0 Å². The smallest absolute Gasteiger partial charge is 0.243 e. The Balaban J connectivity index is 1.90. The number of carbonyl (C=O) groups excluding carboxylic acids is 1. The molecule has 0 spiro atoms. The zero-order valence-electron chi connectivity index (χ0n) is 16.2. The Hall–Kier alpha value is -2.50. The molecule has 2 N–H and O–H groups in total. The number of nitrogens with zero attached hydrogens (tertiary/aromatic N) is 3. The molecule has 6 heteroatoms. The zero-order valence-corrected chi connectivity index (χ0v) is 16.2. The van der Waals surface area contributed by atoms with Crippen molar-refractivity contribution in [3.63, 3.8) is 0 Å². The predicted molar refractivity (Wildman–Crippen MR) is 109 cm³/mol. The van der Waals surface area contributed by atoms with E-state index in [-0.39, 0.29) is 12.5 Å². The maximum absolute atomic E-state index is 11.8. The number of anilines is 1. The Morgan fingerprint density at radius 2 is 1.92 bits per heavy atom. The summed E-state index contributed by atoms with van der Waals surface area (Å²) in [5.41, 5.74) is 2.30. The summed E-state index contributed by atoms with van der Waals surface area (Å²) in [6, 6.07) is 10.9. The molecule has 1 saturated heterocycles. The maximum atomic E-state index is 11.8. The molecule has 0 unspecified atom stereocenters. The van der Waals surface area contributed by atoms with E-state index in [4.69, 9.17) is 0 Å². The van der Waals surface area contributed by atoms with E-state index in [1.807, 2.05) is 13.0 Å². The Morgan fingerprint density at radius 1 is 1.27 bits per heavy atom. The van der Waals surface area contributed by atoms with E-state index in [2.05, 4.69) is 51.4 Å². The van der Waals surface area contributed by atoms with Crippen molar-refractivity contribution in [2.75, 3.05) is 45.2 Å². The van der Waals surface area contributed by atoms with Crippen LogP contribution in [0.5, 0.6) is 0 Å². The fraction of sp³-hybridized carbons (Fsp3) is 0.500. The number of piperidine rings is 1. The average molecular weight is 358 g/mol. The first-order valence-electron chi connectivity index (χ1n) is 9.15. The zero-order chi connectivity index (χ0) is 18.9. The quantitative estimate of drug-likeness (QED) is 0.463. The molecule has 1 heterocycles. The highest BCUT2D eigenvalue weighted by Gasteiger charge is 2.20. The van der Waals surface area contributed by atoms with Crippen molar-refractivity contribution >= 4 is 17.6 Å². The van der Waals surface area contributed by atoms with Crippen LogP contribution in [-0.4, -0.2) is 63.1 Å². The summed E-state index contributed by atoms with van der Waals surface area (Å²) in [5, 5.41) is 6.74. The SMILES string of the molecule is C=C(C)CNC(=NCC(=O)N(C)C)NC1CCN(c2ccccc2)CC1. The number of aliphatic imine (C=N–C) groups is 1. The Labute approximate surface area is 157 Å². The van der Waals surface area contributed by atoms with Gasteiger partial charge in [-0.15, -0.1) is 0 Å². The second kappa shape index (κ2) is 9.85. The minimum atomic E-state index is -0.0136. The number of benzene rings is 1. The molecule has 1 aliphatic rings. The summed E-state index contributed by atoms with van der Waals surface area (Å²) in [4.78, 5) is 20.2. The van der Waals surface area contributed by atoms with E-state index < -0.39 is 0 Å². The van der Waals surface area contributed by atoms with Gasteiger partial charge in [0.15, 0.2) is 5.96 Å². The topological polar surface area (TPSA) is 60.0 Å². The minimum absolute atomic E-state index is 0.0136. The lowest BCUT2D eigenvalue weighted by molar-refractivity contribution is -0.127. The third kappa shape index (κ3) is 6.43. The number of para-hydroxylation sites is 1. The van der Waals surface area contributed by atoms with Crippen LogP contribution < -0.4 is 15.5 Å². The molecule has 0 atom stereocenters. The highest BCUT2D eigenvalue weighted by Crippen LogP contribution is 2.19. The van der Waals surface area contributed by atoms with Gasteiger partial charge < -0.3 is 20.4 Å². The second-order valence-electron chi connectivity index (χ2n) is 7.00. The van der Waals surface area contributed by atoms with E-state index in [1.54, 1.807) is 19.0 Å². The van der Waals surface area contributed by atoms with Gasteiger partial charge in [-0.25, -0.2) is 4.99 Å². The summed E-state index contributed by atoms with van der Waals surface area (Å²) in [5.74, 6) is 0.668. The van der Waals surface area contributed by atoms with Crippen molar-refractivity contribution in [3.8, 4) is 0 Å². The highest BCUT2D eigenvalue weighted by molar-refractivity contribution is 5.85. The number of amides is 1. The van der Waals surface area contributed by atoms with Crippen LogP contribution in [0.4, 0.5) is 5.69 Å². The van der Waals surface area contributed by atoms with E-state index in [0.29, 0.717) is 18.5 Å². The molecule has 0 radical (unpaired) electrons. The molecule has 0 saturated carbocycles. The fourth-order valence-corrected chi connectivity index (χ4v) is 2.79. The summed E-state index contributed by atoms with van der Waals surface area (Å²) in [6.07, 6.45) is 2.06. The molecule has 1 aromatic rings. The normalized spacial score (nSPS) is 15.5. The lowest BCUT2D eigenvalue weighted by Gasteiger charge is -2.34. The van der Waals surface area contributed by atoms with E-state index in [9.17, 15) is 4.79 Å². The predicted octanol–water partition coefficient (Wildman–Crippen LogP) is 1.85. The molecule has 0 aliphatic carbocycles. The molecule has 26 heavy (non-hydrogen) atoms. The largest absolute Gasteiger partial charge is 0.371 e. The summed E-state index contributed by atoms with van der Waals surface area (Å²) >= 11 is 0. The first-order valence-corrected chi connectivity index (χ1v) is 9.15. The molecule has 6 nitrogen and oxygen atoms in total. The van der Waals surface area contributed by atoms with Crippen molar-refractivity contribution in [3.05, 3.63) is 42.5 Å². The molecule has 1 amide bonds. The van der Waals surface area contributed by atoms with Gasteiger partial charge >= 0.3 is 0 Å². The van der Waals surface area contributed by atoms with Gasteiger partial charge in [-0.3, -0.25) is 4.79 Å². The Bertz CT molecular complexity index is 618. The number of rotatable bonds is 6. The molecule has 0 aromatic heterocycles. The molecule has 1 fully saturated rings. The molecular formula is C20H31N5O. The third-order valence-corrected chi connectivity index (χ3v) is 4.39. The third-order valence-electron chi connectivity index (χ3n) is 4.39. The van der Waals surface area contributed by atoms with Crippen molar-refractivity contribution in [2.45, 2.75) is 25.8 Å². The van der Waals surface area contributed by atoms with Gasteiger partial charge in [0.1, 0.15) is 6.54 Å². The van der Waals surface area contributed by atoms with Gasteiger partial charge in [-0.05, 0) is 31.9 Å². The number of hydrogen-bond donors (Lipinski definition) is 2. The lowest BCUT2D eigenvalue weighted by atomic mass is 10.0. The Kier molecular flexibility index (Phi) is 7.51. The van der Waals surface area contributed by atoms with Crippen LogP contribution in [0.2, 0.25) is 0 Å². The summed E-state index contributed by atoms with van der Waals surface area (Å²) < 4.78 is 0. The van der Waals surface area contributed by atoms with Gasteiger partial charge in [0.05, 0.1) is 0 Å². The Morgan fingerprint density at radius 3 is 2.50 bits per heavy atom. The standard InChI is InChI=1S/C20H31N5O/c1-16(2)14-21-20(22-15-19(26)24(3)4)23-17-10-12-25(13-11-17)18-8-6-5-7-9-18/h5-9,17H,1,10-15H2,2-4H3,(H2,21,22,23). The number of nitrogens with one attached hydrogen (secondary N) is 2. The number of carbonyl (C=O) groups is 1. The molecule has 0 bridgehead atoms. The van der Waals surface area contributed by atoms with Gasteiger partial charge in [0.25, 0.3) is 0 Å². The first-order chi connectivity index (χ1) is 12.5. The maximum Gasteiger partial charge on any atom is 0.243 e. The minimum Gasteiger partial charge on any atom is -0.371 e. The summed E-state index contributed by atoms with van der Waals surface area (Å²) in [6.45, 7) is 8.68. The highest BCUT2D eigenvalue weighted by atomic mass is 16.2. The molecule has 2 rings (SSSR count).